The molecular formula is C22H27NO5. The number of methoxy groups -OCH3 is 1. The molecule has 0 unspecified atom stereocenters. The van der Waals surface area contributed by atoms with Crippen LogP contribution in [0.5, 0.6) is 5.75 Å². The standard InChI is InChI=1S/C22H27NO5/c1-5-28-20-11-10-16(12-17(20)14-27-13-15(2)3)21(24)23-19-9-7-6-8-18(19)22(25)26-4/h6-12,15H,5,13-14H2,1-4H3,(H,23,24). The zero-order valence-electron chi connectivity index (χ0n) is 16.8. The van der Waals surface area contributed by atoms with E-state index in [1.165, 1.54) is 7.11 Å². The molecule has 2 rings (SSSR count). The number of carbonyl (C=O) groups is 2. The van der Waals surface area contributed by atoms with Crippen molar-refractivity contribution in [3.63, 3.8) is 0 Å². The van der Waals surface area contributed by atoms with Crippen LogP contribution in [0, 0.1) is 5.92 Å². The van der Waals surface area contributed by atoms with Crippen LogP contribution in [-0.4, -0.2) is 32.2 Å². The molecule has 6 nitrogen and oxygen atoms in total. The summed E-state index contributed by atoms with van der Waals surface area (Å²) in [6, 6.07) is 11.9. The minimum atomic E-state index is -0.509. The Labute approximate surface area is 165 Å². The number of hydrogen-bond donors (Lipinski definition) is 1. The molecule has 0 aliphatic heterocycles. The molecule has 6 heteroatoms. The highest BCUT2D eigenvalue weighted by molar-refractivity contribution is 6.08. The minimum Gasteiger partial charge on any atom is -0.494 e. The van der Waals surface area contributed by atoms with E-state index in [4.69, 9.17) is 14.2 Å². The van der Waals surface area contributed by atoms with Crippen LogP contribution < -0.4 is 10.1 Å². The predicted molar refractivity (Wildman–Crippen MR) is 108 cm³/mol. The molecule has 0 heterocycles. The second-order valence-electron chi connectivity index (χ2n) is 6.66. The van der Waals surface area contributed by atoms with Crippen LogP contribution in [0.1, 0.15) is 47.1 Å². The maximum Gasteiger partial charge on any atom is 0.339 e. The molecule has 28 heavy (non-hydrogen) atoms. The molecule has 0 atom stereocenters. The first-order valence-electron chi connectivity index (χ1n) is 9.28. The van der Waals surface area contributed by atoms with Crippen molar-refractivity contribution < 1.29 is 23.8 Å². The van der Waals surface area contributed by atoms with Crippen molar-refractivity contribution in [3.8, 4) is 5.75 Å². The number of carbonyl (C=O) groups excluding carboxylic acids is 2. The van der Waals surface area contributed by atoms with Crippen molar-refractivity contribution in [2.24, 2.45) is 5.92 Å². The Bertz CT molecular complexity index is 816. The van der Waals surface area contributed by atoms with E-state index in [1.54, 1.807) is 42.5 Å². The summed E-state index contributed by atoms with van der Waals surface area (Å²) in [6.45, 7) is 7.55. The summed E-state index contributed by atoms with van der Waals surface area (Å²) in [5.74, 6) is 0.268. The Morgan fingerprint density at radius 3 is 2.54 bits per heavy atom. The van der Waals surface area contributed by atoms with Gasteiger partial charge in [-0.05, 0) is 43.2 Å². The van der Waals surface area contributed by atoms with Gasteiger partial charge in [0, 0.05) is 17.7 Å². The smallest absolute Gasteiger partial charge is 0.339 e. The minimum absolute atomic E-state index is 0.296. The van der Waals surface area contributed by atoms with E-state index in [0.717, 1.165) is 5.56 Å². The molecule has 0 fully saturated rings. The number of anilines is 1. The zero-order valence-corrected chi connectivity index (χ0v) is 16.8. The van der Waals surface area contributed by atoms with Gasteiger partial charge in [-0.25, -0.2) is 4.79 Å². The van der Waals surface area contributed by atoms with Gasteiger partial charge in [0.1, 0.15) is 5.75 Å². The number of nitrogens with one attached hydrogen (secondary N) is 1. The molecular weight excluding hydrogens is 358 g/mol. The van der Waals surface area contributed by atoms with E-state index in [0.29, 0.717) is 48.3 Å². The SMILES string of the molecule is CCOc1ccc(C(=O)Nc2ccccc2C(=O)OC)cc1COCC(C)C. The third kappa shape index (κ3) is 5.82. The maximum absolute atomic E-state index is 12.7. The molecule has 2 aromatic carbocycles. The fourth-order valence-electron chi connectivity index (χ4n) is 2.61. The number of para-hydroxylation sites is 1. The third-order valence-electron chi connectivity index (χ3n) is 3.91. The fourth-order valence-corrected chi connectivity index (χ4v) is 2.61. The summed E-state index contributed by atoms with van der Waals surface area (Å²) >= 11 is 0. The summed E-state index contributed by atoms with van der Waals surface area (Å²) in [5.41, 5.74) is 1.94. The van der Waals surface area contributed by atoms with Gasteiger partial charge < -0.3 is 19.5 Å². The average Bonchev–Trinajstić information content (AvgIpc) is 2.68. The number of amides is 1. The molecule has 0 spiro atoms. The lowest BCUT2D eigenvalue weighted by molar-refractivity contribution is 0.0602. The van der Waals surface area contributed by atoms with Crippen molar-refractivity contribution in [2.45, 2.75) is 27.4 Å². The van der Waals surface area contributed by atoms with Crippen LogP contribution in [-0.2, 0) is 16.1 Å². The second kappa shape index (κ2) is 10.5. The molecule has 0 aliphatic carbocycles. The van der Waals surface area contributed by atoms with Gasteiger partial charge >= 0.3 is 5.97 Å². The Balaban J connectivity index is 2.22. The van der Waals surface area contributed by atoms with Crippen LogP contribution in [0.2, 0.25) is 0 Å². The van der Waals surface area contributed by atoms with Gasteiger partial charge in [0.05, 0.1) is 31.6 Å². The van der Waals surface area contributed by atoms with Gasteiger partial charge in [-0.2, -0.15) is 0 Å². The van der Waals surface area contributed by atoms with Gasteiger partial charge in [0.2, 0.25) is 0 Å². The van der Waals surface area contributed by atoms with E-state index in [1.807, 2.05) is 6.92 Å². The normalized spacial score (nSPS) is 10.6. The van der Waals surface area contributed by atoms with Crippen LogP contribution in [0.4, 0.5) is 5.69 Å². The number of rotatable bonds is 9. The average molecular weight is 385 g/mol. The van der Waals surface area contributed by atoms with E-state index < -0.39 is 5.97 Å². The number of hydrogen-bond acceptors (Lipinski definition) is 5. The molecule has 1 amide bonds. The van der Waals surface area contributed by atoms with Gasteiger partial charge in [0.25, 0.3) is 5.91 Å². The Kier molecular flexibility index (Phi) is 8.02. The molecule has 0 aromatic heterocycles. The molecule has 150 valence electrons. The molecule has 2 aromatic rings. The van der Waals surface area contributed by atoms with Crippen molar-refractivity contribution in [1.29, 1.82) is 0 Å². The third-order valence-corrected chi connectivity index (χ3v) is 3.91. The van der Waals surface area contributed by atoms with Crippen LogP contribution >= 0.6 is 0 Å². The summed E-state index contributed by atoms with van der Waals surface area (Å²) in [7, 11) is 1.30. The van der Waals surface area contributed by atoms with Crippen molar-refractivity contribution in [3.05, 3.63) is 59.2 Å². The van der Waals surface area contributed by atoms with Crippen LogP contribution in [0.3, 0.4) is 0 Å². The van der Waals surface area contributed by atoms with E-state index in [9.17, 15) is 9.59 Å². The lowest BCUT2D eigenvalue weighted by Crippen LogP contribution is -2.16. The Morgan fingerprint density at radius 2 is 1.86 bits per heavy atom. The molecule has 0 saturated carbocycles. The topological polar surface area (TPSA) is 73.9 Å². The first kappa shape index (κ1) is 21.4. The first-order valence-corrected chi connectivity index (χ1v) is 9.28. The fraction of sp³-hybridized carbons (Fsp3) is 0.364. The summed E-state index contributed by atoms with van der Waals surface area (Å²) in [4.78, 5) is 24.6. The second-order valence-corrected chi connectivity index (χ2v) is 6.66. The van der Waals surface area contributed by atoms with Gasteiger partial charge in [-0.15, -0.1) is 0 Å². The summed E-state index contributed by atoms with van der Waals surface area (Å²) in [5, 5.41) is 2.77. The van der Waals surface area contributed by atoms with Crippen molar-refractivity contribution >= 4 is 17.6 Å². The van der Waals surface area contributed by atoms with Gasteiger partial charge in [0.15, 0.2) is 0 Å². The molecule has 0 bridgehead atoms. The van der Waals surface area contributed by atoms with Gasteiger partial charge in [-0.1, -0.05) is 26.0 Å². The highest BCUT2D eigenvalue weighted by atomic mass is 16.5. The van der Waals surface area contributed by atoms with E-state index in [-0.39, 0.29) is 5.91 Å². The number of benzene rings is 2. The maximum atomic E-state index is 12.7. The molecule has 0 aliphatic rings. The zero-order chi connectivity index (χ0) is 20.5. The Morgan fingerprint density at radius 1 is 1.11 bits per heavy atom. The number of ether oxygens (including phenoxy) is 3. The summed E-state index contributed by atoms with van der Waals surface area (Å²) < 4.78 is 16.1. The van der Waals surface area contributed by atoms with Gasteiger partial charge in [-0.3, -0.25) is 4.79 Å². The van der Waals surface area contributed by atoms with Crippen LogP contribution in [0.15, 0.2) is 42.5 Å². The van der Waals surface area contributed by atoms with Crippen LogP contribution in [0.25, 0.3) is 0 Å². The Hall–Kier alpha value is -2.86. The quantitative estimate of drug-likeness (QED) is 0.652. The molecule has 1 N–H and O–H groups in total. The lowest BCUT2D eigenvalue weighted by atomic mass is 10.1. The predicted octanol–water partition coefficient (Wildman–Crippen LogP) is 4.30. The molecule has 0 saturated heterocycles. The highest BCUT2D eigenvalue weighted by Crippen LogP contribution is 2.23. The van der Waals surface area contributed by atoms with E-state index in [2.05, 4.69) is 19.2 Å². The summed E-state index contributed by atoms with van der Waals surface area (Å²) in [6.07, 6.45) is 0. The number of esters is 1. The van der Waals surface area contributed by atoms with E-state index >= 15 is 0 Å². The highest BCUT2D eigenvalue weighted by Gasteiger charge is 2.16. The molecule has 0 radical (unpaired) electrons. The lowest BCUT2D eigenvalue weighted by Gasteiger charge is -2.14. The van der Waals surface area contributed by atoms with Crippen molar-refractivity contribution in [2.75, 3.05) is 25.6 Å². The first-order chi connectivity index (χ1) is 13.5. The monoisotopic (exact) mass is 385 g/mol. The largest absolute Gasteiger partial charge is 0.494 e. The van der Waals surface area contributed by atoms with Crippen molar-refractivity contribution in [1.82, 2.24) is 0 Å².